The molecule has 2 rings (SSSR count). The minimum atomic E-state index is 0. The van der Waals surface area contributed by atoms with Crippen LogP contribution < -0.4 is 10.6 Å². The fourth-order valence-electron chi connectivity index (χ4n) is 2.15. The zero-order valence-corrected chi connectivity index (χ0v) is 11.6. The molecule has 1 aliphatic rings. The maximum Gasteiger partial charge on any atom is 0.224 e. The molecule has 5 nitrogen and oxygen atoms in total. The Morgan fingerprint density at radius 1 is 1.56 bits per heavy atom. The van der Waals surface area contributed by atoms with Gasteiger partial charge in [-0.3, -0.25) is 4.79 Å². The lowest BCUT2D eigenvalue weighted by atomic mass is 10.1. The van der Waals surface area contributed by atoms with Gasteiger partial charge >= 0.3 is 0 Å². The maximum atomic E-state index is 11.8. The minimum absolute atomic E-state index is 0. The molecule has 0 aromatic carbocycles. The predicted molar refractivity (Wildman–Crippen MR) is 71.0 cm³/mol. The van der Waals surface area contributed by atoms with E-state index < -0.39 is 0 Å². The summed E-state index contributed by atoms with van der Waals surface area (Å²) in [6.45, 7) is 5.46. The Hall–Kier alpha value is -1.07. The van der Waals surface area contributed by atoms with Crippen molar-refractivity contribution in [1.82, 2.24) is 15.8 Å². The monoisotopic (exact) mass is 273 g/mol. The molecule has 6 heteroatoms. The van der Waals surface area contributed by atoms with E-state index in [1.54, 1.807) is 0 Å². The number of hydrogen-bond donors (Lipinski definition) is 2. The normalized spacial score (nSPS) is 18.4. The molecule has 1 unspecified atom stereocenters. The highest BCUT2D eigenvalue weighted by Gasteiger charge is 2.16. The first kappa shape index (κ1) is 15.0. The van der Waals surface area contributed by atoms with E-state index >= 15 is 0 Å². The molecule has 1 aliphatic heterocycles. The molecule has 1 atom stereocenters. The summed E-state index contributed by atoms with van der Waals surface area (Å²) in [5, 5.41) is 10.1. The molecule has 1 amide bonds. The van der Waals surface area contributed by atoms with Crippen molar-refractivity contribution in [2.75, 3.05) is 13.1 Å². The lowest BCUT2D eigenvalue weighted by molar-refractivity contribution is -0.120. The number of halogens is 1. The number of hydrogen-bond acceptors (Lipinski definition) is 4. The quantitative estimate of drug-likeness (QED) is 0.863. The molecule has 1 saturated heterocycles. The molecule has 0 spiro atoms. The summed E-state index contributed by atoms with van der Waals surface area (Å²) in [6, 6.07) is 0.434. The summed E-state index contributed by atoms with van der Waals surface area (Å²) in [5.74, 6) is 0.768. The summed E-state index contributed by atoms with van der Waals surface area (Å²) in [6.07, 6.45) is 2.70. The maximum absolute atomic E-state index is 11.8. The van der Waals surface area contributed by atoms with Crippen LogP contribution in [-0.4, -0.2) is 30.2 Å². The van der Waals surface area contributed by atoms with Crippen molar-refractivity contribution >= 4 is 18.3 Å². The van der Waals surface area contributed by atoms with E-state index in [2.05, 4.69) is 15.8 Å². The zero-order chi connectivity index (χ0) is 12.3. The molecule has 1 aromatic rings. The van der Waals surface area contributed by atoms with Crippen LogP contribution in [0.25, 0.3) is 0 Å². The number of rotatable bonds is 4. The SMILES string of the molecule is Cc1noc(C)c1CC(=O)NCC1CCCN1.Cl. The molecular formula is C12H20ClN3O2. The average Bonchev–Trinajstić information content (AvgIpc) is 2.91. The van der Waals surface area contributed by atoms with Gasteiger partial charge in [0, 0.05) is 18.2 Å². The van der Waals surface area contributed by atoms with Crippen molar-refractivity contribution in [2.24, 2.45) is 0 Å². The zero-order valence-electron chi connectivity index (χ0n) is 10.8. The van der Waals surface area contributed by atoms with Gasteiger partial charge in [0.15, 0.2) is 0 Å². The topological polar surface area (TPSA) is 67.2 Å². The molecule has 0 bridgehead atoms. The van der Waals surface area contributed by atoms with Gasteiger partial charge in [-0.1, -0.05) is 5.16 Å². The van der Waals surface area contributed by atoms with Crippen molar-refractivity contribution < 1.29 is 9.32 Å². The Morgan fingerprint density at radius 3 is 2.89 bits per heavy atom. The van der Waals surface area contributed by atoms with Gasteiger partial charge in [-0.15, -0.1) is 12.4 Å². The van der Waals surface area contributed by atoms with E-state index in [1.165, 1.54) is 6.42 Å². The first-order chi connectivity index (χ1) is 8.16. The highest BCUT2D eigenvalue weighted by molar-refractivity contribution is 5.85. The van der Waals surface area contributed by atoms with E-state index in [9.17, 15) is 4.79 Å². The minimum Gasteiger partial charge on any atom is -0.361 e. The number of aryl methyl sites for hydroxylation is 2. The average molecular weight is 274 g/mol. The molecule has 0 aliphatic carbocycles. The van der Waals surface area contributed by atoms with Crippen LogP contribution in [0.5, 0.6) is 0 Å². The van der Waals surface area contributed by atoms with Gasteiger partial charge in [0.05, 0.1) is 12.1 Å². The third kappa shape index (κ3) is 3.71. The van der Waals surface area contributed by atoms with Crippen molar-refractivity contribution in [3.8, 4) is 0 Å². The second-order valence-corrected chi connectivity index (χ2v) is 4.58. The number of carbonyl (C=O) groups is 1. The Bertz CT molecular complexity index is 381. The molecule has 1 fully saturated rings. The van der Waals surface area contributed by atoms with Gasteiger partial charge < -0.3 is 15.2 Å². The highest BCUT2D eigenvalue weighted by atomic mass is 35.5. The van der Waals surface area contributed by atoms with Crippen LogP contribution in [-0.2, 0) is 11.2 Å². The molecule has 1 aromatic heterocycles. The second-order valence-electron chi connectivity index (χ2n) is 4.58. The molecule has 102 valence electrons. The van der Waals surface area contributed by atoms with E-state index in [0.717, 1.165) is 30.0 Å². The predicted octanol–water partition coefficient (Wildman–Crippen LogP) is 1.12. The molecule has 0 saturated carbocycles. The van der Waals surface area contributed by atoms with Crippen molar-refractivity contribution in [3.63, 3.8) is 0 Å². The largest absolute Gasteiger partial charge is 0.361 e. The first-order valence-corrected chi connectivity index (χ1v) is 6.08. The van der Waals surface area contributed by atoms with Gasteiger partial charge in [-0.25, -0.2) is 0 Å². The highest BCUT2D eigenvalue weighted by Crippen LogP contribution is 2.12. The smallest absolute Gasteiger partial charge is 0.224 e. The molecule has 18 heavy (non-hydrogen) atoms. The molecule has 2 heterocycles. The number of nitrogens with zero attached hydrogens (tertiary/aromatic N) is 1. The fraction of sp³-hybridized carbons (Fsp3) is 0.667. The summed E-state index contributed by atoms with van der Waals surface area (Å²) in [7, 11) is 0. The van der Waals surface area contributed by atoms with Crippen LogP contribution in [0.3, 0.4) is 0 Å². The molecule has 0 radical (unpaired) electrons. The van der Waals surface area contributed by atoms with Crippen LogP contribution in [0.4, 0.5) is 0 Å². The van der Waals surface area contributed by atoms with Gasteiger partial charge in [-0.2, -0.15) is 0 Å². The summed E-state index contributed by atoms with van der Waals surface area (Å²) in [5.41, 5.74) is 1.71. The summed E-state index contributed by atoms with van der Waals surface area (Å²) < 4.78 is 5.03. The standard InChI is InChI=1S/C12H19N3O2.ClH/c1-8-11(9(2)17-15-8)6-12(16)14-7-10-4-3-5-13-10;/h10,13H,3-7H2,1-2H3,(H,14,16);1H. The number of aromatic nitrogens is 1. The lowest BCUT2D eigenvalue weighted by Gasteiger charge is -2.11. The van der Waals surface area contributed by atoms with Crippen LogP contribution >= 0.6 is 12.4 Å². The number of carbonyl (C=O) groups excluding carboxylic acids is 1. The third-order valence-corrected chi connectivity index (χ3v) is 3.23. The van der Waals surface area contributed by atoms with Crippen molar-refractivity contribution in [3.05, 3.63) is 17.0 Å². The third-order valence-electron chi connectivity index (χ3n) is 3.23. The van der Waals surface area contributed by atoms with Crippen molar-refractivity contribution in [2.45, 2.75) is 39.2 Å². The molecule has 2 N–H and O–H groups in total. The van der Waals surface area contributed by atoms with Crippen LogP contribution in [0.1, 0.15) is 29.9 Å². The van der Waals surface area contributed by atoms with E-state index in [1.807, 2.05) is 13.8 Å². The van der Waals surface area contributed by atoms with Gasteiger partial charge in [-0.05, 0) is 33.2 Å². The Morgan fingerprint density at radius 2 is 2.33 bits per heavy atom. The Balaban J connectivity index is 0.00000162. The first-order valence-electron chi connectivity index (χ1n) is 6.08. The van der Waals surface area contributed by atoms with Crippen LogP contribution in [0.2, 0.25) is 0 Å². The number of amides is 1. The van der Waals surface area contributed by atoms with Gasteiger partial charge in [0.1, 0.15) is 5.76 Å². The van der Waals surface area contributed by atoms with E-state index in [-0.39, 0.29) is 18.3 Å². The second kappa shape index (κ2) is 6.75. The Kier molecular flexibility index (Phi) is 5.62. The van der Waals surface area contributed by atoms with E-state index in [0.29, 0.717) is 19.0 Å². The van der Waals surface area contributed by atoms with Crippen LogP contribution in [0.15, 0.2) is 4.52 Å². The lowest BCUT2D eigenvalue weighted by Crippen LogP contribution is -2.37. The van der Waals surface area contributed by atoms with Gasteiger partial charge in [0.2, 0.25) is 5.91 Å². The van der Waals surface area contributed by atoms with Gasteiger partial charge in [0.25, 0.3) is 0 Å². The number of nitrogens with one attached hydrogen (secondary N) is 2. The van der Waals surface area contributed by atoms with Crippen LogP contribution in [0, 0.1) is 13.8 Å². The summed E-state index contributed by atoms with van der Waals surface area (Å²) in [4.78, 5) is 11.8. The molecular weight excluding hydrogens is 254 g/mol. The summed E-state index contributed by atoms with van der Waals surface area (Å²) >= 11 is 0. The fourth-order valence-corrected chi connectivity index (χ4v) is 2.15. The Labute approximate surface area is 113 Å². The van der Waals surface area contributed by atoms with E-state index in [4.69, 9.17) is 4.52 Å². The van der Waals surface area contributed by atoms with Crippen molar-refractivity contribution in [1.29, 1.82) is 0 Å².